The molecule has 0 spiro atoms. The van der Waals surface area contributed by atoms with Crippen LogP contribution in [0.3, 0.4) is 0 Å². The van der Waals surface area contributed by atoms with E-state index in [0.717, 1.165) is 31.6 Å². The molecule has 0 atom stereocenters. The third-order valence-corrected chi connectivity index (χ3v) is 3.62. The zero-order chi connectivity index (χ0) is 15.1. The Bertz CT molecular complexity index is 499. The number of carbonyl (C=O) groups excluding carboxylic acids is 1. The molecule has 0 bridgehead atoms. The molecule has 0 unspecified atom stereocenters. The Morgan fingerprint density at radius 1 is 1.24 bits per heavy atom. The molecule has 0 aliphatic carbocycles. The van der Waals surface area contributed by atoms with Crippen molar-refractivity contribution in [3.63, 3.8) is 0 Å². The monoisotopic (exact) mass is 287 g/mol. The van der Waals surface area contributed by atoms with E-state index in [9.17, 15) is 4.79 Å². The number of anilines is 1. The van der Waals surface area contributed by atoms with E-state index < -0.39 is 0 Å². The molecule has 1 saturated heterocycles. The fraction of sp³-hybridized carbons (Fsp3) is 0.500. The first-order chi connectivity index (χ1) is 10.2. The molecule has 112 valence electrons. The van der Waals surface area contributed by atoms with Crippen LogP contribution in [-0.2, 0) is 4.74 Å². The lowest BCUT2D eigenvalue weighted by Crippen LogP contribution is -2.49. The molecule has 0 radical (unpaired) electrons. The van der Waals surface area contributed by atoms with Gasteiger partial charge in [-0.1, -0.05) is 13.3 Å². The topological polar surface area (TPSA) is 56.6 Å². The first-order valence-electron chi connectivity index (χ1n) is 7.41. The van der Waals surface area contributed by atoms with Gasteiger partial charge >= 0.3 is 6.09 Å². The highest BCUT2D eigenvalue weighted by atomic mass is 16.6. The van der Waals surface area contributed by atoms with E-state index in [0.29, 0.717) is 25.3 Å². The fourth-order valence-electron chi connectivity index (χ4n) is 2.29. The lowest BCUT2D eigenvalue weighted by atomic mass is 10.2. The van der Waals surface area contributed by atoms with Crippen molar-refractivity contribution in [3.05, 3.63) is 29.8 Å². The maximum absolute atomic E-state index is 11.8. The van der Waals surface area contributed by atoms with Crippen LogP contribution in [0.1, 0.15) is 25.3 Å². The Morgan fingerprint density at radius 3 is 2.48 bits per heavy atom. The van der Waals surface area contributed by atoms with Gasteiger partial charge < -0.3 is 14.5 Å². The first-order valence-corrected chi connectivity index (χ1v) is 7.41. The predicted octanol–water partition coefficient (Wildman–Crippen LogP) is 2.62. The minimum atomic E-state index is -0.206. The van der Waals surface area contributed by atoms with Crippen molar-refractivity contribution in [2.75, 3.05) is 37.7 Å². The lowest BCUT2D eigenvalue weighted by Gasteiger charge is -2.35. The van der Waals surface area contributed by atoms with Crippen LogP contribution >= 0.6 is 0 Å². The summed E-state index contributed by atoms with van der Waals surface area (Å²) in [5.41, 5.74) is 1.75. The second-order valence-electron chi connectivity index (χ2n) is 5.10. The standard InChI is InChI=1S/C16H21N3O2/c1-2-3-12-21-16(20)19-10-8-18(9-11-19)15-6-4-14(13-17)5-7-15/h4-7H,2-3,8-12H2,1H3. The Kier molecular flexibility index (Phi) is 5.44. The molecule has 1 heterocycles. The van der Waals surface area contributed by atoms with E-state index in [-0.39, 0.29) is 6.09 Å². The molecule has 1 aromatic rings. The number of amides is 1. The Hall–Kier alpha value is -2.22. The maximum atomic E-state index is 11.8. The number of ether oxygens (including phenoxy) is 1. The maximum Gasteiger partial charge on any atom is 0.409 e. The molecule has 5 heteroatoms. The summed E-state index contributed by atoms with van der Waals surface area (Å²) >= 11 is 0. The number of unbranched alkanes of at least 4 members (excludes halogenated alkanes) is 1. The molecule has 0 aromatic heterocycles. The molecular weight excluding hydrogens is 266 g/mol. The Labute approximate surface area is 125 Å². The summed E-state index contributed by atoms with van der Waals surface area (Å²) in [7, 11) is 0. The van der Waals surface area contributed by atoms with E-state index in [4.69, 9.17) is 10.00 Å². The molecule has 1 amide bonds. The minimum Gasteiger partial charge on any atom is -0.449 e. The van der Waals surface area contributed by atoms with Crippen molar-refractivity contribution in [2.45, 2.75) is 19.8 Å². The van der Waals surface area contributed by atoms with Gasteiger partial charge in [0.15, 0.2) is 0 Å². The quantitative estimate of drug-likeness (QED) is 0.799. The SMILES string of the molecule is CCCCOC(=O)N1CCN(c2ccc(C#N)cc2)CC1. The highest BCUT2D eigenvalue weighted by molar-refractivity contribution is 5.68. The summed E-state index contributed by atoms with van der Waals surface area (Å²) in [5, 5.41) is 8.80. The molecule has 21 heavy (non-hydrogen) atoms. The molecular formula is C16H21N3O2. The summed E-state index contributed by atoms with van der Waals surface area (Å²) in [6.45, 7) is 5.49. The number of carbonyl (C=O) groups is 1. The van der Waals surface area contributed by atoms with Crippen LogP contribution in [0.15, 0.2) is 24.3 Å². The number of rotatable bonds is 4. The van der Waals surface area contributed by atoms with Gasteiger partial charge in [-0.05, 0) is 30.7 Å². The molecule has 0 saturated carbocycles. The smallest absolute Gasteiger partial charge is 0.409 e. The van der Waals surface area contributed by atoms with Gasteiger partial charge in [0, 0.05) is 31.9 Å². The number of nitriles is 1. The van der Waals surface area contributed by atoms with Crippen molar-refractivity contribution in [2.24, 2.45) is 0 Å². The lowest BCUT2D eigenvalue weighted by molar-refractivity contribution is 0.0989. The summed E-state index contributed by atoms with van der Waals surface area (Å²) in [5.74, 6) is 0. The molecule has 2 rings (SSSR count). The average Bonchev–Trinajstić information content (AvgIpc) is 2.55. The number of hydrogen-bond acceptors (Lipinski definition) is 4. The van der Waals surface area contributed by atoms with E-state index in [1.165, 1.54) is 0 Å². The zero-order valence-corrected chi connectivity index (χ0v) is 12.4. The van der Waals surface area contributed by atoms with Gasteiger partial charge in [-0.25, -0.2) is 4.79 Å². The van der Waals surface area contributed by atoms with E-state index >= 15 is 0 Å². The normalized spacial score (nSPS) is 14.7. The molecule has 5 nitrogen and oxygen atoms in total. The van der Waals surface area contributed by atoms with Gasteiger partial charge in [0.2, 0.25) is 0 Å². The summed E-state index contributed by atoms with van der Waals surface area (Å²) in [6.07, 6.45) is 1.74. The third-order valence-electron chi connectivity index (χ3n) is 3.62. The van der Waals surface area contributed by atoms with Gasteiger partial charge in [-0.3, -0.25) is 0 Å². The van der Waals surface area contributed by atoms with Gasteiger partial charge in [-0.15, -0.1) is 0 Å². The summed E-state index contributed by atoms with van der Waals surface area (Å²) in [6, 6.07) is 9.66. The van der Waals surface area contributed by atoms with Gasteiger partial charge in [0.05, 0.1) is 18.2 Å². The predicted molar refractivity (Wildman–Crippen MR) is 81.2 cm³/mol. The average molecular weight is 287 g/mol. The Balaban J connectivity index is 1.82. The first kappa shape index (κ1) is 15.2. The largest absolute Gasteiger partial charge is 0.449 e. The van der Waals surface area contributed by atoms with Crippen LogP contribution in [-0.4, -0.2) is 43.8 Å². The van der Waals surface area contributed by atoms with Crippen LogP contribution in [0.25, 0.3) is 0 Å². The number of benzene rings is 1. The Morgan fingerprint density at radius 2 is 1.90 bits per heavy atom. The van der Waals surface area contributed by atoms with Crippen molar-refractivity contribution in [1.29, 1.82) is 5.26 Å². The van der Waals surface area contributed by atoms with Crippen molar-refractivity contribution in [1.82, 2.24) is 4.90 Å². The minimum absolute atomic E-state index is 0.206. The van der Waals surface area contributed by atoms with Crippen LogP contribution < -0.4 is 4.90 Å². The van der Waals surface area contributed by atoms with Crippen molar-refractivity contribution >= 4 is 11.8 Å². The third kappa shape index (κ3) is 4.12. The highest BCUT2D eigenvalue weighted by Crippen LogP contribution is 2.17. The fourth-order valence-corrected chi connectivity index (χ4v) is 2.29. The van der Waals surface area contributed by atoms with Crippen LogP contribution in [0, 0.1) is 11.3 Å². The second-order valence-corrected chi connectivity index (χ2v) is 5.10. The zero-order valence-electron chi connectivity index (χ0n) is 12.4. The number of nitrogens with zero attached hydrogens (tertiary/aromatic N) is 3. The number of hydrogen-bond donors (Lipinski definition) is 0. The van der Waals surface area contributed by atoms with Crippen LogP contribution in [0.4, 0.5) is 10.5 Å². The molecule has 1 aliphatic heterocycles. The molecule has 0 N–H and O–H groups in total. The van der Waals surface area contributed by atoms with Crippen LogP contribution in [0.2, 0.25) is 0 Å². The summed E-state index contributed by atoms with van der Waals surface area (Å²) < 4.78 is 5.23. The van der Waals surface area contributed by atoms with Gasteiger partial charge in [0.25, 0.3) is 0 Å². The number of piperazine rings is 1. The summed E-state index contributed by atoms with van der Waals surface area (Å²) in [4.78, 5) is 15.8. The molecule has 1 fully saturated rings. The van der Waals surface area contributed by atoms with Crippen molar-refractivity contribution < 1.29 is 9.53 Å². The van der Waals surface area contributed by atoms with Crippen molar-refractivity contribution in [3.8, 4) is 6.07 Å². The van der Waals surface area contributed by atoms with Crippen LogP contribution in [0.5, 0.6) is 0 Å². The highest BCUT2D eigenvalue weighted by Gasteiger charge is 2.22. The molecule has 1 aliphatic rings. The van der Waals surface area contributed by atoms with E-state index in [1.54, 1.807) is 4.90 Å². The van der Waals surface area contributed by atoms with E-state index in [2.05, 4.69) is 17.9 Å². The molecule has 1 aromatic carbocycles. The van der Waals surface area contributed by atoms with Gasteiger partial charge in [0.1, 0.15) is 0 Å². The van der Waals surface area contributed by atoms with Gasteiger partial charge in [-0.2, -0.15) is 5.26 Å². The van der Waals surface area contributed by atoms with E-state index in [1.807, 2.05) is 24.3 Å². The second kappa shape index (κ2) is 7.53.